The highest BCUT2D eigenvalue weighted by Gasteiger charge is 2.05. The number of ketones is 1. The van der Waals surface area contributed by atoms with Crippen molar-refractivity contribution in [2.24, 2.45) is 5.92 Å². The lowest BCUT2D eigenvalue weighted by atomic mass is 10.1. The molecule has 0 bridgehead atoms. The molecule has 7 nitrogen and oxygen atoms in total. The van der Waals surface area contributed by atoms with Gasteiger partial charge in [-0.1, -0.05) is 20.8 Å². The summed E-state index contributed by atoms with van der Waals surface area (Å²) in [6, 6.07) is 0. The van der Waals surface area contributed by atoms with E-state index in [2.05, 4.69) is 5.32 Å². The maximum atomic E-state index is 11.3. The van der Waals surface area contributed by atoms with Crippen LogP contribution >= 0.6 is 0 Å². The van der Waals surface area contributed by atoms with Gasteiger partial charge in [-0.2, -0.15) is 0 Å². The Morgan fingerprint density at radius 2 is 1.25 bits per heavy atom. The fourth-order valence-electron chi connectivity index (χ4n) is 1.61. The molecule has 0 rings (SSSR count). The Morgan fingerprint density at radius 3 is 1.71 bits per heavy atom. The van der Waals surface area contributed by atoms with Gasteiger partial charge in [0, 0.05) is 25.3 Å². The van der Waals surface area contributed by atoms with Crippen molar-refractivity contribution in [3.63, 3.8) is 0 Å². The Balaban J connectivity index is 3.10. The van der Waals surface area contributed by atoms with E-state index in [9.17, 15) is 9.59 Å². The molecule has 0 unspecified atom stereocenters. The third-order valence-electron chi connectivity index (χ3n) is 3.14. The summed E-state index contributed by atoms with van der Waals surface area (Å²) in [5, 5.41) is 2.73. The summed E-state index contributed by atoms with van der Waals surface area (Å²) in [5.41, 5.74) is 0. The maximum absolute atomic E-state index is 11.3. The van der Waals surface area contributed by atoms with Crippen LogP contribution in [0.4, 0.5) is 0 Å². The molecule has 142 valence electrons. The number of rotatable bonds is 17. The normalized spacial score (nSPS) is 11.0. The van der Waals surface area contributed by atoms with Crippen molar-refractivity contribution in [1.29, 1.82) is 0 Å². The van der Waals surface area contributed by atoms with Crippen molar-refractivity contribution in [2.45, 2.75) is 33.6 Å². The smallest absolute Gasteiger partial charge is 0.219 e. The van der Waals surface area contributed by atoms with E-state index in [0.29, 0.717) is 72.2 Å². The lowest BCUT2D eigenvalue weighted by Crippen LogP contribution is -2.26. The Labute approximate surface area is 145 Å². The number of nitrogens with one attached hydrogen (secondary N) is 1. The molecule has 0 aromatic rings. The number of hydrogen-bond acceptors (Lipinski definition) is 6. The van der Waals surface area contributed by atoms with E-state index in [1.807, 2.05) is 20.8 Å². The summed E-state index contributed by atoms with van der Waals surface area (Å²) in [7, 11) is 0. The lowest BCUT2D eigenvalue weighted by molar-refractivity contribution is -0.123. The Bertz CT molecular complexity index is 322. The van der Waals surface area contributed by atoms with Gasteiger partial charge in [0.1, 0.15) is 5.78 Å². The quantitative estimate of drug-likeness (QED) is 0.398. The summed E-state index contributed by atoms with van der Waals surface area (Å²) in [6.45, 7) is 10.0. The van der Waals surface area contributed by atoms with Gasteiger partial charge in [0.15, 0.2) is 0 Å². The molecule has 0 aliphatic carbocycles. The third kappa shape index (κ3) is 15.9. The first-order valence-electron chi connectivity index (χ1n) is 8.68. The Kier molecular flexibility index (Phi) is 16.1. The second-order valence-electron chi connectivity index (χ2n) is 5.52. The largest absolute Gasteiger partial charge is 0.379 e. The molecule has 0 atom stereocenters. The number of amides is 1. The molecule has 0 radical (unpaired) electrons. The van der Waals surface area contributed by atoms with Crippen molar-refractivity contribution in [3.05, 3.63) is 0 Å². The average Bonchev–Trinajstić information content (AvgIpc) is 2.57. The second kappa shape index (κ2) is 16.8. The van der Waals surface area contributed by atoms with E-state index in [1.54, 1.807) is 0 Å². The summed E-state index contributed by atoms with van der Waals surface area (Å²) in [4.78, 5) is 22.3. The molecule has 0 saturated carbocycles. The maximum Gasteiger partial charge on any atom is 0.219 e. The van der Waals surface area contributed by atoms with Crippen molar-refractivity contribution >= 4 is 11.7 Å². The number of ether oxygens (including phenoxy) is 4. The molecule has 0 saturated heterocycles. The summed E-state index contributed by atoms with van der Waals surface area (Å²) in [6.07, 6.45) is 0.952. The Morgan fingerprint density at radius 1 is 0.792 bits per heavy atom. The van der Waals surface area contributed by atoms with Gasteiger partial charge in [-0.15, -0.1) is 0 Å². The van der Waals surface area contributed by atoms with E-state index in [1.165, 1.54) is 0 Å². The topological polar surface area (TPSA) is 83.1 Å². The van der Waals surface area contributed by atoms with E-state index < -0.39 is 0 Å². The standard InChI is InChI=1S/C17H33NO6/c1-4-17(20)18-6-8-22-10-12-24-14-13-23-11-9-21-7-5-16(19)15(2)3/h15H,4-14H2,1-3H3,(H,18,20). The predicted octanol–water partition coefficient (Wildman–Crippen LogP) is 1.19. The zero-order chi connectivity index (χ0) is 18.0. The van der Waals surface area contributed by atoms with Gasteiger partial charge >= 0.3 is 0 Å². The van der Waals surface area contributed by atoms with Gasteiger partial charge in [-0.25, -0.2) is 0 Å². The molecule has 1 N–H and O–H groups in total. The van der Waals surface area contributed by atoms with E-state index in [4.69, 9.17) is 18.9 Å². The van der Waals surface area contributed by atoms with Gasteiger partial charge in [-0.05, 0) is 0 Å². The van der Waals surface area contributed by atoms with Crippen molar-refractivity contribution in [2.75, 3.05) is 59.4 Å². The molecule has 1 amide bonds. The van der Waals surface area contributed by atoms with E-state index >= 15 is 0 Å². The molecule has 0 aromatic heterocycles. The van der Waals surface area contributed by atoms with E-state index in [0.717, 1.165) is 0 Å². The molecule has 0 aromatic carbocycles. The monoisotopic (exact) mass is 347 g/mol. The molecule has 0 heterocycles. The minimum atomic E-state index is 0.0301. The van der Waals surface area contributed by atoms with Crippen LogP contribution in [-0.4, -0.2) is 71.1 Å². The average molecular weight is 347 g/mol. The fourth-order valence-corrected chi connectivity index (χ4v) is 1.61. The molecular formula is C17H33NO6. The minimum absolute atomic E-state index is 0.0301. The highest BCUT2D eigenvalue weighted by Crippen LogP contribution is 1.98. The summed E-state index contributed by atoms with van der Waals surface area (Å²) >= 11 is 0. The molecule has 24 heavy (non-hydrogen) atoms. The van der Waals surface area contributed by atoms with Gasteiger partial charge in [0.25, 0.3) is 0 Å². The van der Waals surface area contributed by atoms with Crippen LogP contribution < -0.4 is 5.32 Å². The molecule has 0 fully saturated rings. The number of Topliss-reactive ketones (excluding diaryl/α,β-unsaturated/α-hetero) is 1. The van der Waals surface area contributed by atoms with Crippen molar-refractivity contribution in [1.82, 2.24) is 5.32 Å². The van der Waals surface area contributed by atoms with Crippen LogP contribution in [0.15, 0.2) is 0 Å². The van der Waals surface area contributed by atoms with Crippen LogP contribution in [0.2, 0.25) is 0 Å². The number of hydrogen-bond donors (Lipinski definition) is 1. The van der Waals surface area contributed by atoms with Gasteiger partial charge in [-0.3, -0.25) is 9.59 Å². The number of carbonyl (C=O) groups is 2. The van der Waals surface area contributed by atoms with Gasteiger partial charge < -0.3 is 24.3 Å². The van der Waals surface area contributed by atoms with Crippen molar-refractivity contribution in [3.8, 4) is 0 Å². The van der Waals surface area contributed by atoms with Crippen LogP contribution in [0.1, 0.15) is 33.6 Å². The minimum Gasteiger partial charge on any atom is -0.379 e. The fraction of sp³-hybridized carbons (Fsp3) is 0.882. The summed E-state index contributed by atoms with van der Waals surface area (Å²) in [5.74, 6) is 0.322. The SMILES string of the molecule is CCC(=O)NCCOCCOCCOCCOCCC(=O)C(C)C. The zero-order valence-corrected chi connectivity index (χ0v) is 15.3. The zero-order valence-electron chi connectivity index (χ0n) is 15.3. The molecule has 0 spiro atoms. The van der Waals surface area contributed by atoms with Gasteiger partial charge in [0.2, 0.25) is 5.91 Å². The highest BCUT2D eigenvalue weighted by atomic mass is 16.6. The first-order chi connectivity index (χ1) is 11.6. The third-order valence-corrected chi connectivity index (χ3v) is 3.14. The van der Waals surface area contributed by atoms with Crippen LogP contribution in [0.3, 0.4) is 0 Å². The van der Waals surface area contributed by atoms with Crippen LogP contribution in [0, 0.1) is 5.92 Å². The first-order valence-corrected chi connectivity index (χ1v) is 8.68. The highest BCUT2D eigenvalue weighted by molar-refractivity contribution is 5.80. The van der Waals surface area contributed by atoms with E-state index in [-0.39, 0.29) is 17.6 Å². The van der Waals surface area contributed by atoms with Gasteiger partial charge in [0.05, 0.1) is 52.9 Å². The molecule has 0 aliphatic heterocycles. The van der Waals surface area contributed by atoms with Crippen LogP contribution in [0.25, 0.3) is 0 Å². The number of carbonyl (C=O) groups excluding carboxylic acids is 2. The Hall–Kier alpha value is -1.02. The molecule has 0 aliphatic rings. The molecule has 7 heteroatoms. The summed E-state index contributed by atoms with van der Waals surface area (Å²) < 4.78 is 21.3. The van der Waals surface area contributed by atoms with Crippen LogP contribution in [-0.2, 0) is 28.5 Å². The second-order valence-corrected chi connectivity index (χ2v) is 5.52. The lowest BCUT2D eigenvalue weighted by Gasteiger charge is -2.08. The van der Waals surface area contributed by atoms with Crippen molar-refractivity contribution < 1.29 is 28.5 Å². The predicted molar refractivity (Wildman–Crippen MR) is 91.0 cm³/mol. The van der Waals surface area contributed by atoms with Crippen LogP contribution in [0.5, 0.6) is 0 Å². The molecular weight excluding hydrogens is 314 g/mol. The first kappa shape index (κ1) is 23.0.